The number of ketones is 1. The predicted molar refractivity (Wildman–Crippen MR) is 123 cm³/mol. The second kappa shape index (κ2) is 12.8. The summed E-state index contributed by atoms with van der Waals surface area (Å²) in [4.78, 5) is 12.7. The fourth-order valence-electron chi connectivity index (χ4n) is 3.76. The molecule has 1 aromatic rings. The minimum Gasteiger partial charge on any atom is -0.298 e. The van der Waals surface area contributed by atoms with Crippen molar-refractivity contribution in [1.29, 1.82) is 0 Å². The molecule has 0 atom stereocenters. The first-order valence-electron chi connectivity index (χ1n) is 10.9. The summed E-state index contributed by atoms with van der Waals surface area (Å²) in [5.74, 6) is 0.775. The van der Waals surface area contributed by atoms with Gasteiger partial charge in [0.2, 0.25) is 0 Å². The zero-order valence-corrected chi connectivity index (χ0v) is 19.9. The quantitative estimate of drug-likeness (QED) is 0.341. The van der Waals surface area contributed by atoms with Crippen molar-refractivity contribution in [2.45, 2.75) is 101 Å². The fourth-order valence-corrected chi connectivity index (χ4v) is 4.74. The molecular weight excluding hydrogens is 404 g/mol. The first-order chi connectivity index (χ1) is 13.6. The van der Waals surface area contributed by atoms with E-state index in [9.17, 15) is 13.2 Å². The predicted octanol–water partition coefficient (Wildman–Crippen LogP) is 6.43. The highest BCUT2D eigenvalue weighted by molar-refractivity contribution is 7.85. The Labute approximate surface area is 183 Å². The molecule has 0 spiro atoms. The van der Waals surface area contributed by atoms with Crippen LogP contribution in [-0.4, -0.2) is 23.5 Å². The third-order valence-electron chi connectivity index (χ3n) is 5.64. The molecule has 1 saturated carbocycles. The van der Waals surface area contributed by atoms with Crippen LogP contribution in [-0.2, 0) is 14.9 Å². The Kier molecular flexibility index (Phi) is 11.5. The lowest BCUT2D eigenvalue weighted by Gasteiger charge is -2.33. The van der Waals surface area contributed by atoms with E-state index in [-0.39, 0.29) is 9.64 Å². The Morgan fingerprint density at radius 1 is 1.03 bits per heavy atom. The van der Waals surface area contributed by atoms with Crippen LogP contribution in [0.3, 0.4) is 0 Å². The molecule has 2 rings (SSSR count). The summed E-state index contributed by atoms with van der Waals surface area (Å²) in [7, 11) is -4.02. The molecule has 0 heterocycles. The van der Waals surface area contributed by atoms with Gasteiger partial charge in [0.1, 0.15) is 0 Å². The molecule has 0 bridgehead atoms. The molecule has 29 heavy (non-hydrogen) atoms. The molecule has 0 radical (unpaired) electrons. The normalized spacial score (nSPS) is 15.5. The van der Waals surface area contributed by atoms with Gasteiger partial charge in [0.25, 0.3) is 10.1 Å². The maximum absolute atomic E-state index is 12.8. The Morgan fingerprint density at radius 2 is 1.52 bits per heavy atom. The van der Waals surface area contributed by atoms with Gasteiger partial charge in [-0.2, -0.15) is 21.0 Å². The molecule has 1 aromatic carbocycles. The molecule has 0 aliphatic heterocycles. The molecule has 1 aliphatic rings. The lowest BCUT2D eigenvalue weighted by atomic mass is 9.78. The van der Waals surface area contributed by atoms with Gasteiger partial charge in [-0.05, 0) is 44.7 Å². The van der Waals surface area contributed by atoms with E-state index in [1.54, 1.807) is 12.1 Å². The Morgan fingerprint density at radius 3 is 1.93 bits per heavy atom. The summed E-state index contributed by atoms with van der Waals surface area (Å²) in [5, 5.41) is 0. The maximum Gasteiger partial charge on any atom is 0.294 e. The van der Waals surface area contributed by atoms with Crippen LogP contribution in [0.15, 0.2) is 29.2 Å². The van der Waals surface area contributed by atoms with Crippen molar-refractivity contribution in [3.05, 3.63) is 29.8 Å². The number of rotatable bonds is 9. The largest absolute Gasteiger partial charge is 0.298 e. The Balaban J connectivity index is 0.000000326. The standard InChI is InChI=1S/C16H30OS.C7H8O3S/c1-3-5-12-16(18,13-6-4-2)15(17)14-10-8-7-9-11-14;1-6-2-4-7(5-3-6)11(8,9)10/h14,18H,3-13H2,1-2H3;2-5H,1H3,(H,8,9,10). The number of thiol groups is 1. The number of benzene rings is 1. The molecule has 0 amide bonds. The second-order valence-corrected chi connectivity index (χ2v) is 10.5. The fraction of sp³-hybridized carbons (Fsp3) is 0.696. The lowest BCUT2D eigenvalue weighted by molar-refractivity contribution is -0.126. The van der Waals surface area contributed by atoms with E-state index in [0.717, 1.165) is 56.9 Å². The molecule has 0 aromatic heterocycles. The molecule has 0 saturated heterocycles. The number of unbranched alkanes of at least 4 members (excludes halogenated alkanes) is 2. The summed E-state index contributed by atoms with van der Waals surface area (Å²) in [6.45, 7) is 6.23. The highest BCUT2D eigenvalue weighted by Crippen LogP contribution is 2.36. The number of carbonyl (C=O) groups excluding carboxylic acids is 1. The summed E-state index contributed by atoms with van der Waals surface area (Å²) in [6.07, 6.45) is 12.5. The molecule has 166 valence electrons. The first-order valence-corrected chi connectivity index (χ1v) is 12.8. The maximum atomic E-state index is 12.8. The number of hydrogen-bond donors (Lipinski definition) is 2. The number of Topliss-reactive ketones (excluding diaryl/α,β-unsaturated/α-hetero) is 1. The van der Waals surface area contributed by atoms with Crippen molar-refractivity contribution in [3.63, 3.8) is 0 Å². The van der Waals surface area contributed by atoms with Crippen molar-refractivity contribution in [2.75, 3.05) is 0 Å². The van der Waals surface area contributed by atoms with Crippen LogP contribution < -0.4 is 0 Å². The highest BCUT2D eigenvalue weighted by Gasteiger charge is 2.37. The Bertz CT molecular complexity index is 697. The van der Waals surface area contributed by atoms with Crippen LogP contribution in [0.2, 0.25) is 0 Å². The lowest BCUT2D eigenvalue weighted by Crippen LogP contribution is -2.38. The zero-order chi connectivity index (χ0) is 21.9. The zero-order valence-electron chi connectivity index (χ0n) is 18.2. The van der Waals surface area contributed by atoms with Crippen molar-refractivity contribution >= 4 is 28.5 Å². The van der Waals surface area contributed by atoms with Gasteiger partial charge in [0, 0.05) is 5.92 Å². The van der Waals surface area contributed by atoms with Crippen LogP contribution in [0.25, 0.3) is 0 Å². The van der Waals surface area contributed by atoms with E-state index < -0.39 is 10.1 Å². The van der Waals surface area contributed by atoms with Crippen molar-refractivity contribution in [2.24, 2.45) is 5.92 Å². The van der Waals surface area contributed by atoms with Gasteiger partial charge in [-0.25, -0.2) is 0 Å². The number of carbonyl (C=O) groups is 1. The first kappa shape index (κ1) is 26.2. The summed E-state index contributed by atoms with van der Waals surface area (Å²) in [5.41, 5.74) is 0.956. The van der Waals surface area contributed by atoms with E-state index >= 15 is 0 Å². The van der Waals surface area contributed by atoms with Crippen LogP contribution in [0.1, 0.15) is 90.0 Å². The minimum atomic E-state index is -4.02. The SMILES string of the molecule is CCCCC(S)(CCCC)C(=O)C1CCCCC1.Cc1ccc(S(=O)(=O)O)cc1. The summed E-state index contributed by atoms with van der Waals surface area (Å²) < 4.78 is 29.2. The van der Waals surface area contributed by atoms with E-state index in [4.69, 9.17) is 17.2 Å². The van der Waals surface area contributed by atoms with E-state index in [1.165, 1.54) is 31.4 Å². The average molecular weight is 443 g/mol. The smallest absolute Gasteiger partial charge is 0.294 e. The van der Waals surface area contributed by atoms with Gasteiger partial charge in [-0.1, -0.05) is 76.5 Å². The average Bonchev–Trinajstić information content (AvgIpc) is 2.71. The molecule has 0 unspecified atom stereocenters. The van der Waals surface area contributed by atoms with Crippen LogP contribution >= 0.6 is 12.6 Å². The van der Waals surface area contributed by atoms with Gasteiger partial charge < -0.3 is 0 Å². The molecule has 1 N–H and O–H groups in total. The van der Waals surface area contributed by atoms with Crippen molar-refractivity contribution in [3.8, 4) is 0 Å². The molecule has 1 fully saturated rings. The van der Waals surface area contributed by atoms with Crippen LogP contribution in [0.4, 0.5) is 0 Å². The van der Waals surface area contributed by atoms with Crippen molar-refractivity contribution in [1.82, 2.24) is 0 Å². The van der Waals surface area contributed by atoms with E-state index in [0.29, 0.717) is 11.7 Å². The molecule has 6 heteroatoms. The third kappa shape index (κ3) is 9.22. The van der Waals surface area contributed by atoms with Gasteiger partial charge in [-0.3, -0.25) is 9.35 Å². The topological polar surface area (TPSA) is 71.4 Å². The Hall–Kier alpha value is -0.850. The molecule has 4 nitrogen and oxygen atoms in total. The van der Waals surface area contributed by atoms with Crippen LogP contribution in [0.5, 0.6) is 0 Å². The van der Waals surface area contributed by atoms with Crippen molar-refractivity contribution < 1.29 is 17.8 Å². The monoisotopic (exact) mass is 442 g/mol. The summed E-state index contributed by atoms with van der Waals surface area (Å²) >= 11 is 4.84. The minimum absolute atomic E-state index is 0.0666. The second-order valence-electron chi connectivity index (χ2n) is 8.23. The van der Waals surface area contributed by atoms with Gasteiger partial charge in [0.05, 0.1) is 9.64 Å². The van der Waals surface area contributed by atoms with E-state index in [1.807, 2.05) is 6.92 Å². The van der Waals surface area contributed by atoms with Crippen LogP contribution in [0, 0.1) is 12.8 Å². The number of hydrogen-bond acceptors (Lipinski definition) is 4. The van der Waals surface area contributed by atoms with Gasteiger partial charge in [-0.15, -0.1) is 0 Å². The van der Waals surface area contributed by atoms with Gasteiger partial charge in [0.15, 0.2) is 5.78 Å². The molecule has 1 aliphatic carbocycles. The molecular formula is C23H38O4S2. The highest BCUT2D eigenvalue weighted by atomic mass is 32.2. The van der Waals surface area contributed by atoms with E-state index in [2.05, 4.69) is 13.8 Å². The van der Waals surface area contributed by atoms with Gasteiger partial charge >= 0.3 is 0 Å². The number of aryl methyl sites for hydroxylation is 1. The third-order valence-corrected chi connectivity index (χ3v) is 7.18. The summed E-state index contributed by atoms with van der Waals surface area (Å²) in [6, 6.07) is 5.99.